The van der Waals surface area contributed by atoms with Gasteiger partial charge in [-0.3, -0.25) is 9.69 Å². The first-order chi connectivity index (χ1) is 12.2. The molecule has 3 rings (SSSR count). The second-order valence-electron chi connectivity index (χ2n) is 6.64. The summed E-state index contributed by atoms with van der Waals surface area (Å²) in [6.45, 7) is 5.80. The van der Waals surface area contributed by atoms with Crippen LogP contribution in [0.3, 0.4) is 0 Å². The van der Waals surface area contributed by atoms with Crippen LogP contribution < -0.4 is 10.1 Å². The quantitative estimate of drug-likeness (QED) is 0.876. The third kappa shape index (κ3) is 4.40. The molecule has 0 unspecified atom stereocenters. The van der Waals surface area contributed by atoms with E-state index in [9.17, 15) is 4.79 Å². The Bertz CT molecular complexity index is 736. The van der Waals surface area contributed by atoms with Crippen molar-refractivity contribution in [3.8, 4) is 5.75 Å². The van der Waals surface area contributed by atoms with Crippen LogP contribution >= 0.6 is 0 Å². The number of aryl methyl sites for hydroxylation is 1. The normalized spacial score (nSPS) is 14.5. The molecule has 1 aliphatic heterocycles. The molecule has 132 valence electrons. The maximum atomic E-state index is 12.6. The molecule has 1 saturated heterocycles. The molecule has 2 aromatic rings. The number of benzene rings is 2. The van der Waals surface area contributed by atoms with Gasteiger partial charge < -0.3 is 10.1 Å². The predicted molar refractivity (Wildman–Crippen MR) is 99.9 cm³/mol. The van der Waals surface area contributed by atoms with Crippen LogP contribution in [0.25, 0.3) is 0 Å². The third-order valence-electron chi connectivity index (χ3n) is 4.75. The second kappa shape index (κ2) is 8.17. The van der Waals surface area contributed by atoms with Crippen molar-refractivity contribution in [2.45, 2.75) is 32.9 Å². The molecular weight excluding hydrogens is 312 g/mol. The van der Waals surface area contributed by atoms with Gasteiger partial charge in [-0.25, -0.2) is 0 Å². The van der Waals surface area contributed by atoms with Crippen LogP contribution in [0.5, 0.6) is 5.75 Å². The molecule has 0 saturated carbocycles. The van der Waals surface area contributed by atoms with Crippen LogP contribution in [0, 0.1) is 6.92 Å². The molecule has 0 radical (unpaired) electrons. The van der Waals surface area contributed by atoms with Gasteiger partial charge in [0.25, 0.3) is 5.91 Å². The van der Waals surface area contributed by atoms with Crippen LogP contribution in [0.15, 0.2) is 42.5 Å². The fraction of sp³-hybridized carbons (Fsp3) is 0.381. The van der Waals surface area contributed by atoms with Gasteiger partial charge in [-0.05, 0) is 56.1 Å². The lowest BCUT2D eigenvalue weighted by Crippen LogP contribution is -2.25. The third-order valence-corrected chi connectivity index (χ3v) is 4.75. The monoisotopic (exact) mass is 338 g/mol. The smallest absolute Gasteiger partial charge is 0.255 e. The molecule has 1 amide bonds. The molecule has 1 N–H and O–H groups in total. The number of likely N-dealkylation sites (tertiary alicyclic amines) is 1. The van der Waals surface area contributed by atoms with E-state index < -0.39 is 0 Å². The number of carbonyl (C=O) groups excluding carboxylic acids is 1. The van der Waals surface area contributed by atoms with Crippen molar-refractivity contribution in [2.24, 2.45) is 0 Å². The van der Waals surface area contributed by atoms with E-state index in [4.69, 9.17) is 4.74 Å². The van der Waals surface area contributed by atoms with Crippen molar-refractivity contribution in [3.63, 3.8) is 0 Å². The van der Waals surface area contributed by atoms with Gasteiger partial charge in [-0.15, -0.1) is 0 Å². The van der Waals surface area contributed by atoms with Gasteiger partial charge >= 0.3 is 0 Å². The summed E-state index contributed by atoms with van der Waals surface area (Å²) in [7, 11) is 1.59. The van der Waals surface area contributed by atoms with Gasteiger partial charge in [-0.2, -0.15) is 0 Å². The van der Waals surface area contributed by atoms with E-state index >= 15 is 0 Å². The molecule has 0 spiro atoms. The Kier molecular flexibility index (Phi) is 5.71. The summed E-state index contributed by atoms with van der Waals surface area (Å²) >= 11 is 0. The summed E-state index contributed by atoms with van der Waals surface area (Å²) in [6, 6.07) is 14.0. The van der Waals surface area contributed by atoms with E-state index in [0.29, 0.717) is 17.9 Å². The molecule has 0 aromatic heterocycles. The van der Waals surface area contributed by atoms with Crippen LogP contribution in [-0.2, 0) is 13.1 Å². The van der Waals surface area contributed by atoms with E-state index in [0.717, 1.165) is 12.1 Å². The van der Waals surface area contributed by atoms with E-state index in [1.54, 1.807) is 7.11 Å². The van der Waals surface area contributed by atoms with Crippen LogP contribution in [0.2, 0.25) is 0 Å². The van der Waals surface area contributed by atoms with Crippen molar-refractivity contribution in [3.05, 3.63) is 64.7 Å². The van der Waals surface area contributed by atoms with E-state index in [1.807, 2.05) is 31.2 Å². The van der Waals surface area contributed by atoms with Crippen molar-refractivity contribution < 1.29 is 9.53 Å². The summed E-state index contributed by atoms with van der Waals surface area (Å²) in [5.74, 6) is 0.505. The average molecular weight is 338 g/mol. The Hall–Kier alpha value is -2.33. The maximum Gasteiger partial charge on any atom is 0.255 e. The molecule has 4 nitrogen and oxygen atoms in total. The summed E-state index contributed by atoms with van der Waals surface area (Å²) < 4.78 is 5.32. The Morgan fingerprint density at radius 2 is 1.84 bits per heavy atom. The minimum Gasteiger partial charge on any atom is -0.496 e. The predicted octanol–water partition coefficient (Wildman–Crippen LogP) is 3.53. The average Bonchev–Trinajstić information content (AvgIpc) is 3.13. The first kappa shape index (κ1) is 17.5. The lowest BCUT2D eigenvalue weighted by molar-refractivity contribution is 0.0947. The lowest BCUT2D eigenvalue weighted by Gasteiger charge is -2.18. The molecule has 1 heterocycles. The van der Waals surface area contributed by atoms with Gasteiger partial charge in [0.15, 0.2) is 0 Å². The van der Waals surface area contributed by atoms with Crippen LogP contribution in [-0.4, -0.2) is 31.0 Å². The minimum absolute atomic E-state index is 0.100. The molecule has 0 bridgehead atoms. The number of nitrogens with zero attached hydrogens (tertiary/aromatic N) is 1. The Labute approximate surface area is 149 Å². The van der Waals surface area contributed by atoms with Crippen LogP contribution in [0.1, 0.15) is 39.9 Å². The Morgan fingerprint density at radius 3 is 2.56 bits per heavy atom. The largest absolute Gasteiger partial charge is 0.496 e. The number of hydrogen-bond acceptors (Lipinski definition) is 3. The first-order valence-electron chi connectivity index (χ1n) is 8.89. The Balaban J connectivity index is 1.69. The zero-order valence-corrected chi connectivity index (χ0v) is 15.0. The van der Waals surface area contributed by atoms with Gasteiger partial charge in [0, 0.05) is 13.1 Å². The summed E-state index contributed by atoms with van der Waals surface area (Å²) in [5, 5.41) is 3.05. The molecule has 25 heavy (non-hydrogen) atoms. The zero-order valence-electron chi connectivity index (χ0n) is 15.0. The highest BCUT2D eigenvalue weighted by atomic mass is 16.5. The van der Waals surface area contributed by atoms with Crippen molar-refractivity contribution in [2.75, 3.05) is 20.2 Å². The van der Waals surface area contributed by atoms with Crippen LogP contribution in [0.4, 0.5) is 0 Å². The lowest BCUT2D eigenvalue weighted by atomic mass is 10.1. The van der Waals surface area contributed by atoms with Gasteiger partial charge in [0.2, 0.25) is 0 Å². The SMILES string of the molecule is COc1ccc(C)cc1C(=O)NCc1ccccc1CN1CCCC1. The molecule has 4 heteroatoms. The number of amides is 1. The number of nitrogens with one attached hydrogen (secondary N) is 1. The molecule has 2 aromatic carbocycles. The number of methoxy groups -OCH3 is 1. The number of ether oxygens (including phenoxy) is 1. The number of carbonyl (C=O) groups is 1. The van der Waals surface area contributed by atoms with Gasteiger partial charge in [0.1, 0.15) is 5.75 Å². The molecular formula is C21H26N2O2. The zero-order chi connectivity index (χ0) is 17.6. The summed E-state index contributed by atoms with van der Waals surface area (Å²) in [5.41, 5.74) is 4.09. The topological polar surface area (TPSA) is 41.6 Å². The standard InChI is InChI=1S/C21H26N2O2/c1-16-9-10-20(25-2)19(13-16)21(24)22-14-17-7-3-4-8-18(17)15-23-11-5-6-12-23/h3-4,7-10,13H,5-6,11-12,14-15H2,1-2H3,(H,22,24). The fourth-order valence-electron chi connectivity index (χ4n) is 3.34. The van der Waals surface area contributed by atoms with Gasteiger partial charge in [0.05, 0.1) is 12.7 Å². The summed E-state index contributed by atoms with van der Waals surface area (Å²) in [4.78, 5) is 15.1. The highest BCUT2D eigenvalue weighted by Crippen LogP contribution is 2.20. The highest BCUT2D eigenvalue weighted by Gasteiger charge is 2.15. The second-order valence-corrected chi connectivity index (χ2v) is 6.64. The molecule has 1 aliphatic rings. The maximum absolute atomic E-state index is 12.6. The van der Waals surface area contributed by atoms with Crippen molar-refractivity contribution in [1.29, 1.82) is 0 Å². The van der Waals surface area contributed by atoms with Gasteiger partial charge in [-0.1, -0.05) is 35.9 Å². The van der Waals surface area contributed by atoms with E-state index in [2.05, 4.69) is 28.4 Å². The molecule has 1 fully saturated rings. The van der Waals surface area contributed by atoms with E-state index in [-0.39, 0.29) is 5.91 Å². The highest BCUT2D eigenvalue weighted by molar-refractivity contribution is 5.97. The van der Waals surface area contributed by atoms with Crippen molar-refractivity contribution in [1.82, 2.24) is 10.2 Å². The number of hydrogen-bond donors (Lipinski definition) is 1. The summed E-state index contributed by atoms with van der Waals surface area (Å²) in [6.07, 6.45) is 2.57. The molecule has 0 aliphatic carbocycles. The molecule has 0 atom stereocenters. The minimum atomic E-state index is -0.100. The fourth-order valence-corrected chi connectivity index (χ4v) is 3.34. The van der Waals surface area contributed by atoms with E-state index in [1.165, 1.54) is 37.1 Å². The Morgan fingerprint density at radius 1 is 1.12 bits per heavy atom. The first-order valence-corrected chi connectivity index (χ1v) is 8.89. The van der Waals surface area contributed by atoms with Crippen molar-refractivity contribution >= 4 is 5.91 Å². The number of rotatable bonds is 6.